The van der Waals surface area contributed by atoms with Crippen LogP contribution in [0.1, 0.15) is 18.1 Å². The quantitative estimate of drug-likeness (QED) is 0.748. The molecule has 0 unspecified atom stereocenters. The summed E-state index contributed by atoms with van der Waals surface area (Å²) in [7, 11) is 0. The van der Waals surface area contributed by atoms with E-state index in [1.165, 1.54) is 0 Å². The van der Waals surface area contributed by atoms with E-state index in [1.807, 2.05) is 65.6 Å². The number of likely N-dealkylation sites (N-methyl/N-ethyl adjacent to an activating group) is 1. The molecule has 3 rings (SSSR count). The van der Waals surface area contributed by atoms with Crippen LogP contribution in [0, 0.1) is 0 Å². The van der Waals surface area contributed by atoms with Crippen LogP contribution in [-0.2, 0) is 11.4 Å². The summed E-state index contributed by atoms with van der Waals surface area (Å²) in [5.41, 5.74) is 2.10. The third-order valence-electron chi connectivity index (χ3n) is 4.66. The highest BCUT2D eigenvalue weighted by atomic mass is 16.5. The summed E-state index contributed by atoms with van der Waals surface area (Å²) in [5.74, 6) is 0.886. The van der Waals surface area contributed by atoms with E-state index in [1.54, 1.807) is 6.08 Å². The molecule has 4 heteroatoms. The second kappa shape index (κ2) is 9.20. The molecular formula is C22H26N2O2. The molecule has 0 saturated carbocycles. The van der Waals surface area contributed by atoms with Crippen LogP contribution in [0.2, 0.25) is 0 Å². The minimum Gasteiger partial charge on any atom is -0.489 e. The topological polar surface area (TPSA) is 32.8 Å². The van der Waals surface area contributed by atoms with Gasteiger partial charge in [-0.25, -0.2) is 0 Å². The first kappa shape index (κ1) is 18.2. The van der Waals surface area contributed by atoms with Crippen molar-refractivity contribution < 1.29 is 9.53 Å². The van der Waals surface area contributed by atoms with Crippen molar-refractivity contribution in [3.8, 4) is 5.75 Å². The van der Waals surface area contributed by atoms with Gasteiger partial charge < -0.3 is 14.5 Å². The summed E-state index contributed by atoms with van der Waals surface area (Å²) >= 11 is 0. The Kier molecular flexibility index (Phi) is 6.45. The zero-order valence-electron chi connectivity index (χ0n) is 15.3. The van der Waals surface area contributed by atoms with E-state index in [-0.39, 0.29) is 5.91 Å². The minimum atomic E-state index is 0.0800. The molecule has 0 radical (unpaired) electrons. The Morgan fingerprint density at radius 3 is 2.54 bits per heavy atom. The molecule has 0 atom stereocenters. The van der Waals surface area contributed by atoms with Crippen LogP contribution in [0.25, 0.3) is 6.08 Å². The Labute approximate surface area is 155 Å². The molecule has 26 heavy (non-hydrogen) atoms. The maximum absolute atomic E-state index is 12.4. The third-order valence-corrected chi connectivity index (χ3v) is 4.66. The molecule has 1 aliphatic rings. The number of carbonyl (C=O) groups excluding carboxylic acids is 1. The highest BCUT2D eigenvalue weighted by molar-refractivity contribution is 5.91. The Bertz CT molecular complexity index is 735. The van der Waals surface area contributed by atoms with Crippen molar-refractivity contribution >= 4 is 12.0 Å². The van der Waals surface area contributed by atoms with Gasteiger partial charge in [0.2, 0.25) is 5.91 Å². The second-order valence-corrected chi connectivity index (χ2v) is 6.44. The van der Waals surface area contributed by atoms with Gasteiger partial charge in [0.05, 0.1) is 0 Å². The minimum absolute atomic E-state index is 0.0800. The van der Waals surface area contributed by atoms with Gasteiger partial charge in [0.1, 0.15) is 12.4 Å². The number of hydrogen-bond donors (Lipinski definition) is 0. The van der Waals surface area contributed by atoms with Gasteiger partial charge in [-0.2, -0.15) is 0 Å². The number of nitrogens with zero attached hydrogens (tertiary/aromatic N) is 2. The van der Waals surface area contributed by atoms with Crippen LogP contribution in [0.15, 0.2) is 60.7 Å². The molecule has 0 N–H and O–H groups in total. The van der Waals surface area contributed by atoms with Gasteiger partial charge in [0.25, 0.3) is 0 Å². The fourth-order valence-electron chi connectivity index (χ4n) is 3.01. The average Bonchev–Trinajstić information content (AvgIpc) is 2.71. The summed E-state index contributed by atoms with van der Waals surface area (Å²) in [5, 5.41) is 0. The van der Waals surface area contributed by atoms with Crippen molar-refractivity contribution in [2.24, 2.45) is 0 Å². The first-order valence-electron chi connectivity index (χ1n) is 9.21. The molecule has 0 aromatic heterocycles. The van der Waals surface area contributed by atoms with Gasteiger partial charge in [0, 0.05) is 32.3 Å². The molecule has 136 valence electrons. The molecule has 0 spiro atoms. The predicted octanol–water partition coefficient (Wildman–Crippen LogP) is 3.44. The Hall–Kier alpha value is -2.59. The van der Waals surface area contributed by atoms with E-state index in [0.29, 0.717) is 6.61 Å². The lowest BCUT2D eigenvalue weighted by Gasteiger charge is -2.33. The maximum Gasteiger partial charge on any atom is 0.246 e. The standard InChI is InChI=1S/C22H26N2O2/c1-2-23-13-15-24(16-14-23)22(25)12-11-19-9-6-10-21(17-19)26-18-20-7-4-3-5-8-20/h3-12,17H,2,13-16,18H2,1H3/b12-11+. The van der Waals surface area contributed by atoms with E-state index >= 15 is 0 Å². The van der Waals surface area contributed by atoms with E-state index in [0.717, 1.165) is 49.6 Å². The summed E-state index contributed by atoms with van der Waals surface area (Å²) in [6.07, 6.45) is 3.53. The Balaban J connectivity index is 1.54. The van der Waals surface area contributed by atoms with Gasteiger partial charge in [-0.3, -0.25) is 4.79 Å². The van der Waals surface area contributed by atoms with Gasteiger partial charge in [-0.1, -0.05) is 49.4 Å². The SMILES string of the molecule is CCN1CCN(C(=O)/C=C/c2cccc(OCc3ccccc3)c2)CC1. The number of piperazine rings is 1. The lowest BCUT2D eigenvalue weighted by Crippen LogP contribution is -2.48. The van der Waals surface area contributed by atoms with Crippen LogP contribution in [0.5, 0.6) is 5.75 Å². The van der Waals surface area contributed by atoms with Crippen LogP contribution < -0.4 is 4.74 Å². The predicted molar refractivity (Wildman–Crippen MR) is 105 cm³/mol. The summed E-state index contributed by atoms with van der Waals surface area (Å²) in [6.45, 7) is 7.26. The van der Waals surface area contributed by atoms with Crippen molar-refractivity contribution in [3.05, 3.63) is 71.8 Å². The van der Waals surface area contributed by atoms with Gasteiger partial charge in [-0.05, 0) is 35.9 Å². The van der Waals surface area contributed by atoms with Gasteiger partial charge >= 0.3 is 0 Å². The second-order valence-electron chi connectivity index (χ2n) is 6.44. The zero-order valence-corrected chi connectivity index (χ0v) is 15.3. The molecule has 1 amide bonds. The zero-order chi connectivity index (χ0) is 18.2. The van der Waals surface area contributed by atoms with Crippen LogP contribution in [0.3, 0.4) is 0 Å². The summed E-state index contributed by atoms with van der Waals surface area (Å²) < 4.78 is 5.85. The lowest BCUT2D eigenvalue weighted by molar-refractivity contribution is -0.127. The largest absolute Gasteiger partial charge is 0.489 e. The Morgan fingerprint density at radius 1 is 1.04 bits per heavy atom. The number of carbonyl (C=O) groups is 1. The number of benzene rings is 2. The van der Waals surface area contributed by atoms with Crippen molar-refractivity contribution in [1.82, 2.24) is 9.80 Å². The van der Waals surface area contributed by atoms with E-state index < -0.39 is 0 Å². The number of rotatable bonds is 6. The first-order valence-corrected chi connectivity index (χ1v) is 9.21. The van der Waals surface area contributed by atoms with Crippen molar-refractivity contribution in [1.29, 1.82) is 0 Å². The van der Waals surface area contributed by atoms with Gasteiger partial charge in [0.15, 0.2) is 0 Å². The Morgan fingerprint density at radius 2 is 1.81 bits per heavy atom. The number of amides is 1. The summed E-state index contributed by atoms with van der Waals surface area (Å²) in [6, 6.07) is 17.9. The molecular weight excluding hydrogens is 324 g/mol. The van der Waals surface area contributed by atoms with E-state index in [9.17, 15) is 4.79 Å². The smallest absolute Gasteiger partial charge is 0.246 e. The summed E-state index contributed by atoms with van der Waals surface area (Å²) in [4.78, 5) is 16.6. The van der Waals surface area contributed by atoms with Crippen LogP contribution >= 0.6 is 0 Å². The molecule has 1 heterocycles. The molecule has 0 aliphatic carbocycles. The molecule has 0 bridgehead atoms. The van der Waals surface area contributed by atoms with Crippen molar-refractivity contribution in [2.45, 2.75) is 13.5 Å². The molecule has 2 aromatic carbocycles. The number of hydrogen-bond acceptors (Lipinski definition) is 3. The third kappa shape index (κ3) is 5.20. The highest BCUT2D eigenvalue weighted by Gasteiger charge is 2.18. The number of ether oxygens (including phenoxy) is 1. The molecule has 2 aromatic rings. The lowest BCUT2D eigenvalue weighted by atomic mass is 10.2. The van der Waals surface area contributed by atoms with E-state index in [4.69, 9.17) is 4.74 Å². The van der Waals surface area contributed by atoms with Gasteiger partial charge in [-0.15, -0.1) is 0 Å². The van der Waals surface area contributed by atoms with E-state index in [2.05, 4.69) is 11.8 Å². The fourth-order valence-corrected chi connectivity index (χ4v) is 3.01. The fraction of sp³-hybridized carbons (Fsp3) is 0.318. The molecule has 1 aliphatic heterocycles. The first-order chi connectivity index (χ1) is 12.7. The van der Waals surface area contributed by atoms with Crippen LogP contribution in [0.4, 0.5) is 0 Å². The molecule has 1 saturated heterocycles. The highest BCUT2D eigenvalue weighted by Crippen LogP contribution is 2.16. The van der Waals surface area contributed by atoms with Crippen LogP contribution in [-0.4, -0.2) is 48.4 Å². The van der Waals surface area contributed by atoms with Crippen molar-refractivity contribution in [3.63, 3.8) is 0 Å². The average molecular weight is 350 g/mol. The normalized spacial score (nSPS) is 15.3. The molecule has 4 nitrogen and oxygen atoms in total. The maximum atomic E-state index is 12.4. The molecule has 1 fully saturated rings. The monoisotopic (exact) mass is 350 g/mol. The van der Waals surface area contributed by atoms with Crippen molar-refractivity contribution in [2.75, 3.05) is 32.7 Å².